The van der Waals surface area contributed by atoms with Gasteiger partial charge in [0.1, 0.15) is 17.0 Å². The monoisotopic (exact) mass is 261 g/mol. The Morgan fingerprint density at radius 2 is 2.05 bits per heavy atom. The molecular weight excluding hydrogens is 250 g/mol. The number of hydrogen-bond donors (Lipinski definition) is 2. The van der Waals surface area contributed by atoms with Gasteiger partial charge in [-0.3, -0.25) is 4.79 Å². The van der Waals surface area contributed by atoms with Gasteiger partial charge in [-0.05, 0) is 26.0 Å². The van der Waals surface area contributed by atoms with E-state index in [0.717, 1.165) is 0 Å². The number of aromatic nitrogens is 2. The van der Waals surface area contributed by atoms with Crippen molar-refractivity contribution in [1.82, 2.24) is 10.1 Å². The number of anilines is 1. The van der Waals surface area contributed by atoms with Gasteiger partial charge in [0, 0.05) is 0 Å². The minimum absolute atomic E-state index is 0.0877. The van der Waals surface area contributed by atoms with Gasteiger partial charge in [-0.1, -0.05) is 5.16 Å². The van der Waals surface area contributed by atoms with Crippen LogP contribution in [0, 0.1) is 13.8 Å². The molecule has 0 radical (unpaired) electrons. The molecular formula is C12H11N3O4. The van der Waals surface area contributed by atoms with Gasteiger partial charge in [0.2, 0.25) is 0 Å². The molecule has 0 saturated heterocycles. The normalized spacial score (nSPS) is 10.2. The van der Waals surface area contributed by atoms with Crippen molar-refractivity contribution in [2.24, 2.45) is 0 Å². The molecule has 0 bridgehead atoms. The van der Waals surface area contributed by atoms with Crippen molar-refractivity contribution in [3.05, 3.63) is 41.0 Å². The summed E-state index contributed by atoms with van der Waals surface area (Å²) in [5, 5.41) is 15.0. The third-order valence-electron chi connectivity index (χ3n) is 2.50. The second-order valence-electron chi connectivity index (χ2n) is 3.89. The Balaban J connectivity index is 2.17. The molecule has 2 heterocycles. The zero-order chi connectivity index (χ0) is 14.0. The Morgan fingerprint density at radius 3 is 2.53 bits per heavy atom. The summed E-state index contributed by atoms with van der Waals surface area (Å²) in [6.45, 7) is 3.30. The number of hydrogen-bond acceptors (Lipinski definition) is 5. The van der Waals surface area contributed by atoms with E-state index in [4.69, 9.17) is 9.63 Å². The van der Waals surface area contributed by atoms with Crippen LogP contribution in [0.5, 0.6) is 0 Å². The van der Waals surface area contributed by atoms with E-state index in [0.29, 0.717) is 22.7 Å². The summed E-state index contributed by atoms with van der Waals surface area (Å²) in [6.07, 6.45) is 1.28. The summed E-state index contributed by atoms with van der Waals surface area (Å²) in [5.41, 5.74) is 1.16. The zero-order valence-electron chi connectivity index (χ0n) is 10.3. The first-order chi connectivity index (χ1) is 8.99. The molecule has 0 aromatic carbocycles. The molecule has 0 atom stereocenters. The number of amides is 1. The number of rotatable bonds is 3. The van der Waals surface area contributed by atoms with Crippen LogP contribution in [0.25, 0.3) is 0 Å². The number of carbonyl (C=O) groups excluding carboxylic acids is 1. The van der Waals surface area contributed by atoms with Gasteiger partial charge in [0.25, 0.3) is 5.91 Å². The van der Waals surface area contributed by atoms with Gasteiger partial charge in [-0.2, -0.15) is 0 Å². The van der Waals surface area contributed by atoms with Crippen LogP contribution in [0.3, 0.4) is 0 Å². The number of pyridine rings is 1. The standard InChI is InChI=1S/C12H11N3O4/c1-6-10(7(2)19-15-6)11(16)14-8-3-4-9(12(17)18)13-5-8/h3-5H,1-2H3,(H,14,16)(H,17,18). The summed E-state index contributed by atoms with van der Waals surface area (Å²) in [5.74, 6) is -1.07. The fourth-order valence-corrected chi connectivity index (χ4v) is 1.60. The molecule has 7 nitrogen and oxygen atoms in total. The van der Waals surface area contributed by atoms with Gasteiger partial charge in [-0.25, -0.2) is 9.78 Å². The van der Waals surface area contributed by atoms with Gasteiger partial charge < -0.3 is 14.9 Å². The first kappa shape index (κ1) is 12.7. The van der Waals surface area contributed by atoms with Crippen LogP contribution in [0.4, 0.5) is 5.69 Å². The molecule has 2 aromatic rings. The Labute approximate surface area is 108 Å². The lowest BCUT2D eigenvalue weighted by atomic mass is 10.2. The number of carbonyl (C=O) groups is 2. The van der Waals surface area contributed by atoms with Crippen molar-refractivity contribution in [3.8, 4) is 0 Å². The largest absolute Gasteiger partial charge is 0.477 e. The van der Waals surface area contributed by atoms with Crippen LogP contribution in [0.2, 0.25) is 0 Å². The van der Waals surface area contributed by atoms with Crippen LogP contribution < -0.4 is 5.32 Å². The highest BCUT2D eigenvalue weighted by Gasteiger charge is 2.17. The molecule has 0 saturated carbocycles. The third-order valence-corrected chi connectivity index (χ3v) is 2.50. The molecule has 2 aromatic heterocycles. The molecule has 0 unspecified atom stereocenters. The maximum atomic E-state index is 12.0. The minimum Gasteiger partial charge on any atom is -0.477 e. The highest BCUT2D eigenvalue weighted by atomic mass is 16.5. The lowest BCUT2D eigenvalue weighted by Crippen LogP contribution is -2.14. The summed E-state index contributed by atoms with van der Waals surface area (Å²) in [4.78, 5) is 26.3. The quantitative estimate of drug-likeness (QED) is 0.870. The van der Waals surface area contributed by atoms with E-state index in [-0.39, 0.29) is 11.6 Å². The molecule has 0 spiro atoms. The van der Waals surface area contributed by atoms with Gasteiger partial charge in [0.05, 0.1) is 17.6 Å². The summed E-state index contributed by atoms with van der Waals surface area (Å²) in [7, 11) is 0. The number of carboxylic acid groups (broad SMARTS) is 1. The van der Waals surface area contributed by atoms with E-state index < -0.39 is 5.97 Å². The molecule has 98 valence electrons. The average molecular weight is 261 g/mol. The molecule has 0 aliphatic heterocycles. The SMILES string of the molecule is Cc1noc(C)c1C(=O)Nc1ccc(C(=O)O)nc1. The molecule has 1 amide bonds. The van der Waals surface area contributed by atoms with E-state index in [2.05, 4.69) is 15.5 Å². The molecule has 2 rings (SSSR count). The fourth-order valence-electron chi connectivity index (χ4n) is 1.60. The van der Waals surface area contributed by atoms with Crippen LogP contribution in [-0.2, 0) is 0 Å². The fraction of sp³-hybridized carbons (Fsp3) is 0.167. The first-order valence-corrected chi connectivity index (χ1v) is 5.42. The molecule has 7 heteroatoms. The van der Waals surface area contributed by atoms with E-state index in [9.17, 15) is 9.59 Å². The van der Waals surface area contributed by atoms with Crippen molar-refractivity contribution < 1.29 is 19.2 Å². The van der Waals surface area contributed by atoms with Crippen LogP contribution in [-0.4, -0.2) is 27.1 Å². The van der Waals surface area contributed by atoms with Crippen molar-refractivity contribution in [3.63, 3.8) is 0 Å². The third kappa shape index (κ3) is 2.59. The van der Waals surface area contributed by atoms with Crippen molar-refractivity contribution >= 4 is 17.6 Å². The van der Waals surface area contributed by atoms with Gasteiger partial charge in [-0.15, -0.1) is 0 Å². The number of aryl methyl sites for hydroxylation is 2. The highest BCUT2D eigenvalue weighted by Crippen LogP contribution is 2.15. The molecule has 19 heavy (non-hydrogen) atoms. The van der Waals surface area contributed by atoms with Crippen molar-refractivity contribution in [2.75, 3.05) is 5.32 Å². The summed E-state index contributed by atoms with van der Waals surface area (Å²) >= 11 is 0. The van der Waals surface area contributed by atoms with E-state index >= 15 is 0 Å². The first-order valence-electron chi connectivity index (χ1n) is 5.42. The Morgan fingerprint density at radius 1 is 1.32 bits per heavy atom. The predicted octanol–water partition coefficient (Wildman–Crippen LogP) is 1.64. The topological polar surface area (TPSA) is 105 Å². The van der Waals surface area contributed by atoms with E-state index in [1.165, 1.54) is 18.3 Å². The Kier molecular flexibility index (Phi) is 3.28. The van der Waals surface area contributed by atoms with Crippen LogP contribution >= 0.6 is 0 Å². The Bertz CT molecular complexity index is 611. The predicted molar refractivity (Wildman–Crippen MR) is 65.1 cm³/mol. The molecule has 2 N–H and O–H groups in total. The van der Waals surface area contributed by atoms with Crippen molar-refractivity contribution in [2.45, 2.75) is 13.8 Å². The second kappa shape index (κ2) is 4.89. The highest BCUT2D eigenvalue weighted by molar-refractivity contribution is 6.05. The molecule has 0 aliphatic rings. The molecule has 0 fully saturated rings. The summed E-state index contributed by atoms with van der Waals surface area (Å²) < 4.78 is 4.90. The average Bonchev–Trinajstić information content (AvgIpc) is 2.69. The van der Waals surface area contributed by atoms with Crippen LogP contribution in [0.15, 0.2) is 22.9 Å². The number of carboxylic acids is 1. The second-order valence-corrected chi connectivity index (χ2v) is 3.89. The van der Waals surface area contributed by atoms with E-state index in [1.807, 2.05) is 0 Å². The summed E-state index contributed by atoms with van der Waals surface area (Å²) in [6, 6.07) is 2.78. The number of nitrogens with zero attached hydrogens (tertiary/aromatic N) is 2. The molecule has 0 aliphatic carbocycles. The zero-order valence-corrected chi connectivity index (χ0v) is 10.3. The number of aromatic carboxylic acids is 1. The minimum atomic E-state index is -1.12. The number of nitrogens with one attached hydrogen (secondary N) is 1. The maximum Gasteiger partial charge on any atom is 0.354 e. The maximum absolute atomic E-state index is 12.0. The lowest BCUT2D eigenvalue weighted by molar-refractivity contribution is 0.0690. The lowest BCUT2D eigenvalue weighted by Gasteiger charge is -2.04. The van der Waals surface area contributed by atoms with Gasteiger partial charge in [0.15, 0.2) is 0 Å². The van der Waals surface area contributed by atoms with Gasteiger partial charge >= 0.3 is 5.97 Å². The smallest absolute Gasteiger partial charge is 0.354 e. The van der Waals surface area contributed by atoms with E-state index in [1.54, 1.807) is 13.8 Å². The Hall–Kier alpha value is -2.70. The van der Waals surface area contributed by atoms with Crippen LogP contribution in [0.1, 0.15) is 32.3 Å². The van der Waals surface area contributed by atoms with Crippen molar-refractivity contribution in [1.29, 1.82) is 0 Å².